The third kappa shape index (κ3) is 3.35. The highest BCUT2D eigenvalue weighted by molar-refractivity contribution is 5.99. The summed E-state index contributed by atoms with van der Waals surface area (Å²) in [4.78, 5) is 21.9. The maximum absolute atomic E-state index is 11.2. The number of carboxylic acid groups (broad SMARTS) is 1. The first-order valence-electron chi connectivity index (χ1n) is 6.48. The Bertz CT molecular complexity index is 670. The molecule has 0 saturated carbocycles. The summed E-state index contributed by atoms with van der Waals surface area (Å²) >= 11 is 0. The van der Waals surface area contributed by atoms with Crippen molar-refractivity contribution in [2.24, 2.45) is 0 Å². The van der Waals surface area contributed by atoms with Crippen molar-refractivity contribution < 1.29 is 24.2 Å². The summed E-state index contributed by atoms with van der Waals surface area (Å²) in [6.07, 6.45) is 0.394. The van der Waals surface area contributed by atoms with Crippen molar-refractivity contribution in [1.29, 1.82) is 0 Å². The molecule has 22 heavy (non-hydrogen) atoms. The van der Waals surface area contributed by atoms with Gasteiger partial charge in [-0.1, -0.05) is 30.3 Å². The summed E-state index contributed by atoms with van der Waals surface area (Å²) < 4.78 is 10.9. The van der Waals surface area contributed by atoms with Gasteiger partial charge in [-0.25, -0.2) is 4.79 Å². The van der Waals surface area contributed by atoms with Gasteiger partial charge in [0.05, 0.1) is 12.7 Å². The average Bonchev–Trinajstić information content (AvgIpc) is 2.53. The van der Waals surface area contributed by atoms with Gasteiger partial charge in [0.1, 0.15) is 12.3 Å². The Morgan fingerprint density at radius 3 is 2.55 bits per heavy atom. The molecule has 0 radical (unpaired) electrons. The highest BCUT2D eigenvalue weighted by Gasteiger charge is 2.19. The Kier molecular flexibility index (Phi) is 4.98. The number of ether oxygens (including phenoxy) is 2. The topological polar surface area (TPSA) is 84.9 Å². The standard InChI is InChI=1S/C16H15NO5/c1-21-15-13(22-9-11-5-3-2-4-6-11)8-7-12(16(19)20)14(15)17-10-18/h2-8,10H,9H2,1H3,(H,17,18)(H,19,20). The van der Waals surface area contributed by atoms with Crippen LogP contribution in [0.1, 0.15) is 15.9 Å². The van der Waals surface area contributed by atoms with E-state index in [1.807, 2.05) is 30.3 Å². The van der Waals surface area contributed by atoms with Crippen LogP contribution < -0.4 is 14.8 Å². The van der Waals surface area contributed by atoms with Crippen molar-refractivity contribution in [1.82, 2.24) is 0 Å². The van der Waals surface area contributed by atoms with E-state index >= 15 is 0 Å². The van der Waals surface area contributed by atoms with Gasteiger partial charge in [0.15, 0.2) is 11.5 Å². The molecule has 1 amide bonds. The Morgan fingerprint density at radius 2 is 1.95 bits per heavy atom. The Labute approximate surface area is 127 Å². The number of carbonyl (C=O) groups is 2. The highest BCUT2D eigenvalue weighted by Crippen LogP contribution is 2.38. The molecular weight excluding hydrogens is 286 g/mol. The van der Waals surface area contributed by atoms with Crippen molar-refractivity contribution in [2.45, 2.75) is 6.61 Å². The molecule has 0 fully saturated rings. The SMILES string of the molecule is COc1c(OCc2ccccc2)ccc(C(=O)O)c1NC=O. The predicted molar refractivity (Wildman–Crippen MR) is 80.4 cm³/mol. The summed E-state index contributed by atoms with van der Waals surface area (Å²) in [6, 6.07) is 12.4. The minimum Gasteiger partial charge on any atom is -0.491 e. The minimum atomic E-state index is -1.17. The lowest BCUT2D eigenvalue weighted by molar-refractivity contribution is -0.105. The van der Waals surface area contributed by atoms with Crippen molar-refractivity contribution in [3.8, 4) is 11.5 Å². The second-order valence-corrected chi connectivity index (χ2v) is 4.36. The van der Waals surface area contributed by atoms with E-state index in [9.17, 15) is 9.59 Å². The number of aromatic carboxylic acids is 1. The zero-order valence-corrected chi connectivity index (χ0v) is 11.9. The number of methoxy groups -OCH3 is 1. The largest absolute Gasteiger partial charge is 0.491 e. The Hall–Kier alpha value is -3.02. The molecule has 0 aromatic heterocycles. The Balaban J connectivity index is 2.33. The van der Waals surface area contributed by atoms with Crippen LogP contribution >= 0.6 is 0 Å². The van der Waals surface area contributed by atoms with Crippen LogP contribution in [-0.2, 0) is 11.4 Å². The molecule has 114 valence electrons. The van der Waals surface area contributed by atoms with Gasteiger partial charge >= 0.3 is 5.97 Å². The first-order chi connectivity index (χ1) is 10.7. The quantitative estimate of drug-likeness (QED) is 0.768. The van der Waals surface area contributed by atoms with Crippen molar-refractivity contribution in [3.63, 3.8) is 0 Å². The van der Waals surface area contributed by atoms with E-state index in [4.69, 9.17) is 14.6 Å². The van der Waals surface area contributed by atoms with Gasteiger partial charge in [-0.05, 0) is 17.7 Å². The van der Waals surface area contributed by atoms with E-state index in [1.54, 1.807) is 0 Å². The third-order valence-corrected chi connectivity index (χ3v) is 3.00. The van der Waals surface area contributed by atoms with Gasteiger partial charge < -0.3 is 19.9 Å². The Morgan fingerprint density at radius 1 is 1.23 bits per heavy atom. The third-order valence-electron chi connectivity index (χ3n) is 3.00. The summed E-state index contributed by atoms with van der Waals surface area (Å²) in [5.74, 6) is -0.652. The molecule has 0 spiro atoms. The number of hydrogen-bond acceptors (Lipinski definition) is 4. The van der Waals surface area contributed by atoms with E-state index in [-0.39, 0.29) is 17.0 Å². The van der Waals surface area contributed by atoms with Crippen LogP contribution in [0.25, 0.3) is 0 Å². The zero-order valence-electron chi connectivity index (χ0n) is 11.9. The van der Waals surface area contributed by atoms with Crippen LogP contribution in [0.5, 0.6) is 11.5 Å². The molecule has 0 heterocycles. The number of hydrogen-bond donors (Lipinski definition) is 2. The lowest BCUT2D eigenvalue weighted by Gasteiger charge is -2.15. The molecule has 2 rings (SSSR count). The number of carbonyl (C=O) groups excluding carboxylic acids is 1. The predicted octanol–water partition coefficient (Wildman–Crippen LogP) is 2.54. The van der Waals surface area contributed by atoms with Crippen LogP contribution in [0.3, 0.4) is 0 Å². The van der Waals surface area contributed by atoms with Gasteiger partial charge in [-0.3, -0.25) is 4.79 Å². The maximum Gasteiger partial charge on any atom is 0.337 e. The van der Waals surface area contributed by atoms with Crippen molar-refractivity contribution >= 4 is 18.1 Å². The number of benzene rings is 2. The molecule has 2 N–H and O–H groups in total. The number of rotatable bonds is 7. The second kappa shape index (κ2) is 7.12. The summed E-state index contributed by atoms with van der Waals surface area (Å²) in [5, 5.41) is 11.5. The maximum atomic E-state index is 11.2. The first-order valence-corrected chi connectivity index (χ1v) is 6.48. The molecular formula is C16H15NO5. The first kappa shape index (κ1) is 15.4. The van der Waals surface area contributed by atoms with Gasteiger partial charge in [0.25, 0.3) is 0 Å². The molecule has 0 atom stereocenters. The highest BCUT2D eigenvalue weighted by atomic mass is 16.5. The number of amides is 1. The molecule has 0 unspecified atom stereocenters. The molecule has 6 heteroatoms. The summed E-state index contributed by atoms with van der Waals surface area (Å²) in [6.45, 7) is 0.296. The van der Waals surface area contributed by atoms with Gasteiger partial charge in [0.2, 0.25) is 6.41 Å². The van der Waals surface area contributed by atoms with Crippen LogP contribution in [-0.4, -0.2) is 24.6 Å². The van der Waals surface area contributed by atoms with E-state index in [1.165, 1.54) is 19.2 Å². The van der Waals surface area contributed by atoms with Crippen LogP contribution in [0, 0.1) is 0 Å². The smallest absolute Gasteiger partial charge is 0.337 e. The minimum absolute atomic E-state index is 0.0653. The number of nitrogens with one attached hydrogen (secondary N) is 1. The molecule has 0 aliphatic rings. The fourth-order valence-corrected chi connectivity index (χ4v) is 2.00. The molecule has 2 aromatic carbocycles. The summed E-state index contributed by atoms with van der Waals surface area (Å²) in [5.41, 5.74) is 0.948. The lowest BCUT2D eigenvalue weighted by atomic mass is 10.1. The van der Waals surface area contributed by atoms with Crippen LogP contribution in [0.2, 0.25) is 0 Å². The zero-order chi connectivity index (χ0) is 15.9. The summed E-state index contributed by atoms with van der Waals surface area (Å²) in [7, 11) is 1.38. The average molecular weight is 301 g/mol. The van der Waals surface area contributed by atoms with E-state index in [0.717, 1.165) is 5.56 Å². The molecule has 0 saturated heterocycles. The fraction of sp³-hybridized carbons (Fsp3) is 0.125. The van der Waals surface area contributed by atoms with E-state index in [0.29, 0.717) is 18.8 Å². The van der Waals surface area contributed by atoms with Gasteiger partial charge in [0, 0.05) is 0 Å². The normalized spacial score (nSPS) is 9.86. The van der Waals surface area contributed by atoms with Gasteiger partial charge in [-0.2, -0.15) is 0 Å². The lowest BCUT2D eigenvalue weighted by Crippen LogP contribution is -2.08. The molecule has 2 aromatic rings. The molecule has 0 aliphatic carbocycles. The van der Waals surface area contributed by atoms with Crippen molar-refractivity contribution in [2.75, 3.05) is 12.4 Å². The molecule has 0 bridgehead atoms. The fourth-order valence-electron chi connectivity index (χ4n) is 2.00. The van der Waals surface area contributed by atoms with Gasteiger partial charge in [-0.15, -0.1) is 0 Å². The molecule has 0 aliphatic heterocycles. The van der Waals surface area contributed by atoms with Crippen molar-refractivity contribution in [3.05, 3.63) is 53.6 Å². The van der Waals surface area contributed by atoms with E-state index < -0.39 is 5.97 Å². The molecule has 6 nitrogen and oxygen atoms in total. The second-order valence-electron chi connectivity index (χ2n) is 4.36. The van der Waals surface area contributed by atoms with Crippen LogP contribution in [0.15, 0.2) is 42.5 Å². The van der Waals surface area contributed by atoms with E-state index in [2.05, 4.69) is 5.32 Å². The monoisotopic (exact) mass is 301 g/mol. The number of carboxylic acids is 1. The number of anilines is 1. The van der Waals surface area contributed by atoms with Crippen LogP contribution in [0.4, 0.5) is 5.69 Å².